The Labute approximate surface area is 105 Å². The molecule has 0 spiro atoms. The topological polar surface area (TPSA) is 15.3 Å². The second kappa shape index (κ2) is 4.48. The highest BCUT2D eigenvalue weighted by molar-refractivity contribution is 6.31. The first-order valence-corrected chi connectivity index (χ1v) is 5.29. The molecule has 0 bridgehead atoms. The lowest BCUT2D eigenvalue weighted by molar-refractivity contribution is -0.266. The van der Waals surface area contributed by atoms with E-state index >= 15 is 0 Å². The molecule has 0 aliphatic heterocycles. The Morgan fingerprint density at radius 3 is 1.94 bits per heavy atom. The second-order valence-electron chi connectivity index (χ2n) is 3.91. The van der Waals surface area contributed by atoms with E-state index in [-0.39, 0.29) is 13.1 Å². The minimum atomic E-state index is -5.53. The van der Waals surface area contributed by atoms with Crippen LogP contribution in [0.1, 0.15) is 0 Å². The van der Waals surface area contributed by atoms with Crippen LogP contribution in [0.5, 0.6) is 0 Å². The molecule has 0 radical (unpaired) electrons. The Morgan fingerprint density at radius 1 is 1.11 bits per heavy atom. The van der Waals surface area contributed by atoms with E-state index in [1.165, 1.54) is 7.05 Å². The number of rotatable bonds is 4. The summed E-state index contributed by atoms with van der Waals surface area (Å²) >= 11 is 5.02. The fraction of sp³-hybridized carbons (Fsp3) is 0.778. The van der Waals surface area contributed by atoms with Gasteiger partial charge < -0.3 is 10.2 Å². The first-order valence-electron chi connectivity index (χ1n) is 4.91. The van der Waals surface area contributed by atoms with Crippen molar-refractivity contribution in [3.05, 3.63) is 10.7 Å². The number of allylic oxidation sites excluding steroid dienone is 2. The van der Waals surface area contributed by atoms with Gasteiger partial charge in [0.05, 0.1) is 0 Å². The van der Waals surface area contributed by atoms with E-state index in [2.05, 4.69) is 5.32 Å². The molecule has 0 unspecified atom stereocenters. The van der Waals surface area contributed by atoms with Crippen molar-refractivity contribution in [2.75, 3.05) is 27.2 Å². The highest BCUT2D eigenvalue weighted by atomic mass is 35.5. The maximum Gasteiger partial charge on any atom is 0.383 e. The lowest BCUT2D eigenvalue weighted by atomic mass is 10.1. The molecular formula is C9H11ClF6N2. The van der Waals surface area contributed by atoms with Crippen LogP contribution < -0.4 is 5.32 Å². The largest absolute Gasteiger partial charge is 0.383 e. The molecule has 0 saturated heterocycles. The van der Waals surface area contributed by atoms with Crippen LogP contribution in [0.2, 0.25) is 0 Å². The van der Waals surface area contributed by atoms with Crippen LogP contribution in [0.3, 0.4) is 0 Å². The van der Waals surface area contributed by atoms with Gasteiger partial charge in [0.1, 0.15) is 10.7 Å². The van der Waals surface area contributed by atoms with Crippen LogP contribution in [-0.4, -0.2) is 49.9 Å². The molecule has 0 saturated carbocycles. The van der Waals surface area contributed by atoms with Crippen LogP contribution in [0.15, 0.2) is 10.7 Å². The van der Waals surface area contributed by atoms with Crippen molar-refractivity contribution < 1.29 is 26.3 Å². The van der Waals surface area contributed by atoms with Gasteiger partial charge in [-0.1, -0.05) is 11.6 Å². The van der Waals surface area contributed by atoms with E-state index in [0.29, 0.717) is 4.90 Å². The summed E-state index contributed by atoms with van der Waals surface area (Å²) in [5.41, 5.74) is -1.53. The Morgan fingerprint density at radius 2 is 1.61 bits per heavy atom. The number of hydrogen-bond acceptors (Lipinski definition) is 2. The van der Waals surface area contributed by atoms with Gasteiger partial charge in [-0.3, -0.25) is 0 Å². The van der Waals surface area contributed by atoms with Crippen molar-refractivity contribution in [3.8, 4) is 0 Å². The molecule has 1 N–H and O–H groups in total. The molecule has 0 amide bonds. The summed E-state index contributed by atoms with van der Waals surface area (Å²) < 4.78 is 78.9. The zero-order valence-corrected chi connectivity index (χ0v) is 10.3. The first-order chi connectivity index (χ1) is 8.01. The molecule has 1 rings (SSSR count). The average molecular weight is 297 g/mol. The van der Waals surface area contributed by atoms with Crippen LogP contribution in [0.25, 0.3) is 0 Å². The van der Waals surface area contributed by atoms with E-state index in [0.717, 1.165) is 7.05 Å². The van der Waals surface area contributed by atoms with Crippen molar-refractivity contribution in [2.24, 2.45) is 0 Å². The molecule has 0 fully saturated rings. The third-order valence-corrected chi connectivity index (χ3v) is 3.06. The predicted octanol–water partition coefficient (Wildman–Crippen LogP) is 2.51. The third-order valence-electron chi connectivity index (χ3n) is 2.65. The number of alkyl halides is 6. The van der Waals surface area contributed by atoms with E-state index in [1.807, 2.05) is 0 Å². The number of hydrogen-bond donors (Lipinski definition) is 1. The van der Waals surface area contributed by atoms with Crippen molar-refractivity contribution in [2.45, 2.75) is 17.8 Å². The zero-order valence-electron chi connectivity index (χ0n) is 9.51. The SMILES string of the molecule is CNCCN(C)C1=C(Cl)C(F)(F)C(F)(F)C1(F)F. The molecule has 0 heterocycles. The highest BCUT2D eigenvalue weighted by Gasteiger charge is 2.80. The third kappa shape index (κ3) is 1.85. The number of likely N-dealkylation sites (N-methyl/N-ethyl adjacent to an activating group) is 2. The molecule has 0 aromatic rings. The van der Waals surface area contributed by atoms with Gasteiger partial charge in [0.2, 0.25) is 0 Å². The summed E-state index contributed by atoms with van der Waals surface area (Å²) in [6.45, 7) is -0.0127. The molecule has 1 aliphatic rings. The summed E-state index contributed by atoms with van der Waals surface area (Å²) in [4.78, 5) is 0.605. The molecule has 1 aliphatic carbocycles. The van der Waals surface area contributed by atoms with Gasteiger partial charge >= 0.3 is 17.8 Å². The van der Waals surface area contributed by atoms with Crippen LogP contribution in [0.4, 0.5) is 26.3 Å². The van der Waals surface area contributed by atoms with E-state index < -0.39 is 28.5 Å². The number of nitrogens with one attached hydrogen (secondary N) is 1. The maximum atomic E-state index is 13.4. The van der Waals surface area contributed by atoms with Crippen LogP contribution in [-0.2, 0) is 0 Å². The van der Waals surface area contributed by atoms with Crippen molar-refractivity contribution >= 4 is 11.6 Å². The number of nitrogens with zero attached hydrogens (tertiary/aromatic N) is 1. The second-order valence-corrected chi connectivity index (χ2v) is 4.29. The standard InChI is InChI=1S/C9H11ClF6N2/c1-17-3-4-18(2)6-5(10)7(11,12)9(15,16)8(6,13)14/h17H,3-4H2,1-2H3. The molecule has 9 heteroatoms. The molecular weight excluding hydrogens is 286 g/mol. The molecule has 18 heavy (non-hydrogen) atoms. The van der Waals surface area contributed by atoms with Gasteiger partial charge in [0, 0.05) is 20.1 Å². The fourth-order valence-electron chi connectivity index (χ4n) is 1.57. The van der Waals surface area contributed by atoms with Gasteiger partial charge in [0.15, 0.2) is 0 Å². The Bertz CT molecular complexity index is 368. The molecule has 0 aromatic carbocycles. The van der Waals surface area contributed by atoms with Gasteiger partial charge in [-0.25, -0.2) is 0 Å². The predicted molar refractivity (Wildman–Crippen MR) is 54.3 cm³/mol. The Kier molecular flexibility index (Phi) is 3.84. The average Bonchev–Trinajstić information content (AvgIpc) is 2.33. The molecule has 0 aromatic heterocycles. The Hall–Kier alpha value is -0.630. The summed E-state index contributed by atoms with van der Waals surface area (Å²) in [6, 6.07) is 0. The first kappa shape index (κ1) is 15.4. The normalized spacial score (nSPS) is 24.5. The van der Waals surface area contributed by atoms with Gasteiger partial charge in [-0.2, -0.15) is 26.3 Å². The maximum absolute atomic E-state index is 13.4. The summed E-state index contributed by atoms with van der Waals surface area (Å²) in [5.74, 6) is -15.6. The van der Waals surface area contributed by atoms with Gasteiger partial charge in [-0.05, 0) is 7.05 Å². The lowest BCUT2D eigenvalue weighted by Gasteiger charge is -2.28. The monoisotopic (exact) mass is 296 g/mol. The zero-order chi connectivity index (χ0) is 14.4. The summed E-state index contributed by atoms with van der Waals surface area (Å²) in [7, 11) is 2.50. The van der Waals surface area contributed by atoms with Crippen LogP contribution >= 0.6 is 11.6 Å². The van der Waals surface area contributed by atoms with Crippen molar-refractivity contribution in [3.63, 3.8) is 0 Å². The van der Waals surface area contributed by atoms with Gasteiger partial charge in [-0.15, -0.1) is 0 Å². The summed E-state index contributed by atoms with van der Waals surface area (Å²) in [5, 5.41) is 0.769. The number of halogens is 7. The minimum Gasteiger partial charge on any atom is -0.370 e. The lowest BCUT2D eigenvalue weighted by Crippen LogP contribution is -2.50. The molecule has 106 valence electrons. The van der Waals surface area contributed by atoms with E-state index in [9.17, 15) is 26.3 Å². The van der Waals surface area contributed by atoms with E-state index in [4.69, 9.17) is 11.6 Å². The molecule has 0 atom stereocenters. The summed E-state index contributed by atoms with van der Waals surface area (Å²) in [6.07, 6.45) is 0. The van der Waals surface area contributed by atoms with Crippen molar-refractivity contribution in [1.82, 2.24) is 10.2 Å². The van der Waals surface area contributed by atoms with E-state index in [1.54, 1.807) is 0 Å². The Balaban J connectivity index is 3.20. The van der Waals surface area contributed by atoms with Gasteiger partial charge in [0.25, 0.3) is 0 Å². The minimum absolute atomic E-state index is 0.150. The quantitative estimate of drug-likeness (QED) is 0.802. The van der Waals surface area contributed by atoms with Crippen LogP contribution in [0, 0.1) is 0 Å². The molecule has 2 nitrogen and oxygen atoms in total. The fourth-order valence-corrected chi connectivity index (χ4v) is 1.95. The smallest absolute Gasteiger partial charge is 0.370 e. The van der Waals surface area contributed by atoms with Crippen molar-refractivity contribution in [1.29, 1.82) is 0 Å². The highest BCUT2D eigenvalue weighted by Crippen LogP contribution is 2.60.